The van der Waals surface area contributed by atoms with Crippen molar-refractivity contribution in [2.75, 3.05) is 6.54 Å². The van der Waals surface area contributed by atoms with Crippen LogP contribution in [0, 0.1) is 5.92 Å². The predicted octanol–water partition coefficient (Wildman–Crippen LogP) is 2.43. The quantitative estimate of drug-likeness (QED) is 0.794. The zero-order valence-corrected chi connectivity index (χ0v) is 15.0. The van der Waals surface area contributed by atoms with Crippen LogP contribution in [-0.4, -0.2) is 39.9 Å². The summed E-state index contributed by atoms with van der Waals surface area (Å²) in [4.78, 5) is 37.1. The molecule has 1 fully saturated rings. The summed E-state index contributed by atoms with van der Waals surface area (Å²) in [6.45, 7) is 6.86. The Kier molecular flexibility index (Phi) is 5.82. The number of carbonyl (C=O) groups excluding carboxylic acids is 2. The molecule has 25 heavy (non-hydrogen) atoms. The first-order chi connectivity index (χ1) is 11.7. The molecule has 2 amide bonds. The lowest BCUT2D eigenvalue weighted by atomic mass is 9.85. The van der Waals surface area contributed by atoms with E-state index in [1.807, 2.05) is 30.9 Å². The number of amides is 2. The Hall–Kier alpha value is -2.37. The third-order valence-electron chi connectivity index (χ3n) is 4.95. The van der Waals surface area contributed by atoms with Crippen LogP contribution < -0.4 is 5.32 Å². The van der Waals surface area contributed by atoms with Crippen molar-refractivity contribution in [3.63, 3.8) is 0 Å². The number of carboxylic acids is 1. The summed E-state index contributed by atoms with van der Waals surface area (Å²) >= 11 is 0. The van der Waals surface area contributed by atoms with Gasteiger partial charge < -0.3 is 15.3 Å². The first-order valence-electron chi connectivity index (χ1n) is 8.62. The molecule has 1 aliphatic rings. The SMILES string of the molecule is CC(C)C(C)(CC(=O)O)NC(=O)c1ccc(CN2CCCC2=O)cc1. The number of benzene rings is 1. The Balaban J connectivity index is 2.04. The van der Waals surface area contributed by atoms with E-state index in [0.29, 0.717) is 18.5 Å². The number of nitrogens with one attached hydrogen (secondary N) is 1. The van der Waals surface area contributed by atoms with Crippen LogP contribution in [0.1, 0.15) is 56.0 Å². The number of carbonyl (C=O) groups is 3. The standard InChI is InChI=1S/C19H26N2O4/c1-13(2)19(3,11-17(23)24)20-18(25)15-8-6-14(7-9-15)12-21-10-4-5-16(21)22/h6-9,13H,4-5,10-12H2,1-3H3,(H,20,25)(H,23,24). The van der Waals surface area contributed by atoms with E-state index < -0.39 is 11.5 Å². The molecule has 0 aromatic heterocycles. The van der Waals surface area contributed by atoms with Crippen molar-refractivity contribution < 1.29 is 19.5 Å². The van der Waals surface area contributed by atoms with Crippen LogP contribution >= 0.6 is 0 Å². The molecule has 0 aliphatic carbocycles. The van der Waals surface area contributed by atoms with Crippen LogP contribution in [0.4, 0.5) is 0 Å². The summed E-state index contributed by atoms with van der Waals surface area (Å²) in [5.41, 5.74) is 0.640. The third-order valence-corrected chi connectivity index (χ3v) is 4.95. The van der Waals surface area contributed by atoms with E-state index in [1.165, 1.54) is 0 Å². The van der Waals surface area contributed by atoms with Gasteiger partial charge in [0.05, 0.1) is 12.0 Å². The van der Waals surface area contributed by atoms with Crippen LogP contribution in [0.5, 0.6) is 0 Å². The van der Waals surface area contributed by atoms with Crippen molar-refractivity contribution in [2.24, 2.45) is 5.92 Å². The van der Waals surface area contributed by atoms with E-state index in [2.05, 4.69) is 5.32 Å². The lowest BCUT2D eigenvalue weighted by molar-refractivity contribution is -0.139. The Morgan fingerprint density at radius 2 is 1.92 bits per heavy atom. The zero-order valence-electron chi connectivity index (χ0n) is 15.0. The van der Waals surface area contributed by atoms with E-state index in [1.54, 1.807) is 19.1 Å². The van der Waals surface area contributed by atoms with Gasteiger partial charge in [-0.3, -0.25) is 14.4 Å². The molecule has 1 aliphatic heterocycles. The molecule has 6 nitrogen and oxygen atoms in total. The number of carboxylic acid groups (broad SMARTS) is 1. The molecule has 0 spiro atoms. The molecule has 1 aromatic rings. The monoisotopic (exact) mass is 346 g/mol. The smallest absolute Gasteiger partial charge is 0.305 e. The average Bonchev–Trinajstić information content (AvgIpc) is 2.92. The van der Waals surface area contributed by atoms with Crippen molar-refractivity contribution in [3.8, 4) is 0 Å². The summed E-state index contributed by atoms with van der Waals surface area (Å²) in [7, 11) is 0. The minimum Gasteiger partial charge on any atom is -0.481 e. The molecule has 1 aromatic carbocycles. The fraction of sp³-hybridized carbons (Fsp3) is 0.526. The molecule has 0 bridgehead atoms. The van der Waals surface area contributed by atoms with Crippen molar-refractivity contribution >= 4 is 17.8 Å². The van der Waals surface area contributed by atoms with Gasteiger partial charge in [0, 0.05) is 25.1 Å². The van der Waals surface area contributed by atoms with Gasteiger partial charge in [0.15, 0.2) is 0 Å². The Bertz CT molecular complexity index is 654. The summed E-state index contributed by atoms with van der Waals surface area (Å²) < 4.78 is 0. The van der Waals surface area contributed by atoms with Crippen LogP contribution in [0.15, 0.2) is 24.3 Å². The van der Waals surface area contributed by atoms with Crippen LogP contribution in [0.25, 0.3) is 0 Å². The van der Waals surface area contributed by atoms with E-state index in [-0.39, 0.29) is 24.2 Å². The number of hydrogen-bond acceptors (Lipinski definition) is 3. The third kappa shape index (κ3) is 4.81. The number of rotatable bonds is 7. The van der Waals surface area contributed by atoms with Gasteiger partial charge in [0.1, 0.15) is 0 Å². The maximum atomic E-state index is 12.5. The fourth-order valence-corrected chi connectivity index (χ4v) is 2.89. The molecular formula is C19H26N2O4. The second-order valence-corrected chi connectivity index (χ2v) is 7.21. The number of likely N-dealkylation sites (tertiary alicyclic amines) is 1. The molecule has 1 saturated heterocycles. The highest BCUT2D eigenvalue weighted by atomic mass is 16.4. The van der Waals surface area contributed by atoms with Crippen LogP contribution in [0.3, 0.4) is 0 Å². The predicted molar refractivity (Wildman–Crippen MR) is 94.1 cm³/mol. The van der Waals surface area contributed by atoms with Crippen molar-refractivity contribution in [1.82, 2.24) is 10.2 Å². The second-order valence-electron chi connectivity index (χ2n) is 7.21. The van der Waals surface area contributed by atoms with Gasteiger partial charge in [-0.15, -0.1) is 0 Å². The van der Waals surface area contributed by atoms with Crippen molar-refractivity contribution in [3.05, 3.63) is 35.4 Å². The lowest BCUT2D eigenvalue weighted by Crippen LogP contribution is -2.51. The first kappa shape index (κ1) is 19.0. The van der Waals surface area contributed by atoms with Crippen molar-refractivity contribution in [2.45, 2.75) is 52.1 Å². The van der Waals surface area contributed by atoms with E-state index >= 15 is 0 Å². The normalized spacial score (nSPS) is 16.8. The highest BCUT2D eigenvalue weighted by Crippen LogP contribution is 2.22. The van der Waals surface area contributed by atoms with Gasteiger partial charge in [0.2, 0.25) is 5.91 Å². The number of hydrogen-bond donors (Lipinski definition) is 2. The topological polar surface area (TPSA) is 86.7 Å². The van der Waals surface area contributed by atoms with Gasteiger partial charge in [-0.2, -0.15) is 0 Å². The van der Waals surface area contributed by atoms with Crippen LogP contribution in [-0.2, 0) is 16.1 Å². The highest BCUT2D eigenvalue weighted by molar-refractivity contribution is 5.95. The maximum Gasteiger partial charge on any atom is 0.305 e. The van der Waals surface area contributed by atoms with E-state index in [0.717, 1.165) is 18.5 Å². The Labute approximate surface area is 148 Å². The lowest BCUT2D eigenvalue weighted by Gasteiger charge is -2.33. The van der Waals surface area contributed by atoms with E-state index in [4.69, 9.17) is 5.11 Å². The summed E-state index contributed by atoms with van der Waals surface area (Å²) in [6, 6.07) is 7.11. The molecule has 0 radical (unpaired) electrons. The van der Waals surface area contributed by atoms with Gasteiger partial charge in [-0.1, -0.05) is 26.0 Å². The molecule has 2 N–H and O–H groups in total. The summed E-state index contributed by atoms with van der Waals surface area (Å²) in [5.74, 6) is -1.08. The molecule has 0 saturated carbocycles. The molecular weight excluding hydrogens is 320 g/mol. The fourth-order valence-electron chi connectivity index (χ4n) is 2.89. The Morgan fingerprint density at radius 3 is 2.40 bits per heavy atom. The molecule has 1 heterocycles. The van der Waals surface area contributed by atoms with Crippen molar-refractivity contribution in [1.29, 1.82) is 0 Å². The zero-order chi connectivity index (χ0) is 18.6. The maximum absolute atomic E-state index is 12.5. The number of aliphatic carboxylic acids is 1. The second kappa shape index (κ2) is 7.68. The molecule has 1 atom stereocenters. The van der Waals surface area contributed by atoms with Crippen LogP contribution in [0.2, 0.25) is 0 Å². The molecule has 1 unspecified atom stereocenters. The minimum absolute atomic E-state index is 0.0204. The Morgan fingerprint density at radius 1 is 1.28 bits per heavy atom. The van der Waals surface area contributed by atoms with Gasteiger partial charge in [-0.05, 0) is 37.0 Å². The summed E-state index contributed by atoms with van der Waals surface area (Å²) in [5, 5.41) is 11.9. The largest absolute Gasteiger partial charge is 0.481 e. The molecule has 136 valence electrons. The highest BCUT2D eigenvalue weighted by Gasteiger charge is 2.33. The molecule has 6 heteroatoms. The average molecular weight is 346 g/mol. The number of nitrogens with zero attached hydrogens (tertiary/aromatic N) is 1. The van der Waals surface area contributed by atoms with Gasteiger partial charge >= 0.3 is 5.97 Å². The van der Waals surface area contributed by atoms with E-state index in [9.17, 15) is 14.4 Å². The minimum atomic E-state index is -0.942. The summed E-state index contributed by atoms with van der Waals surface area (Å²) in [6.07, 6.45) is 1.38. The molecule has 2 rings (SSSR count). The first-order valence-corrected chi connectivity index (χ1v) is 8.62. The van der Waals surface area contributed by atoms with Gasteiger partial charge in [0.25, 0.3) is 5.91 Å². The van der Waals surface area contributed by atoms with Gasteiger partial charge in [-0.25, -0.2) is 0 Å².